The molecule has 3 heterocycles. The van der Waals surface area contributed by atoms with Gasteiger partial charge in [-0.3, -0.25) is 4.79 Å². The summed E-state index contributed by atoms with van der Waals surface area (Å²) in [5, 5.41) is 3.02. The van der Waals surface area contributed by atoms with E-state index in [0.717, 1.165) is 11.5 Å². The van der Waals surface area contributed by atoms with Crippen molar-refractivity contribution in [1.29, 1.82) is 0 Å². The molecule has 1 aliphatic heterocycles. The van der Waals surface area contributed by atoms with Crippen LogP contribution in [0.1, 0.15) is 33.6 Å². The van der Waals surface area contributed by atoms with Crippen molar-refractivity contribution in [3.63, 3.8) is 0 Å². The summed E-state index contributed by atoms with van der Waals surface area (Å²) in [6, 6.07) is 1.52. The predicted molar refractivity (Wildman–Crippen MR) is 87.7 cm³/mol. The third-order valence-electron chi connectivity index (χ3n) is 3.96. The zero-order valence-electron chi connectivity index (χ0n) is 14.0. The van der Waals surface area contributed by atoms with Crippen molar-refractivity contribution in [2.45, 2.75) is 19.9 Å². The van der Waals surface area contributed by atoms with Crippen molar-refractivity contribution >= 4 is 11.7 Å². The van der Waals surface area contributed by atoms with Gasteiger partial charge in [-0.2, -0.15) is 0 Å². The van der Waals surface area contributed by atoms with Crippen LogP contribution in [0.25, 0.3) is 0 Å². The second-order valence-electron chi connectivity index (χ2n) is 5.61. The van der Waals surface area contributed by atoms with E-state index in [1.54, 1.807) is 25.1 Å². The van der Waals surface area contributed by atoms with Gasteiger partial charge in [0.25, 0.3) is 5.91 Å². The molecule has 1 atom stereocenters. The SMILES string of the molecule is CNc1cc(C)nc(C2COCCN2C(=O)c2cncnc2C)n1. The van der Waals surface area contributed by atoms with Crippen LogP contribution in [-0.4, -0.2) is 57.5 Å². The van der Waals surface area contributed by atoms with Crippen LogP contribution < -0.4 is 5.32 Å². The van der Waals surface area contributed by atoms with E-state index >= 15 is 0 Å². The average Bonchev–Trinajstić information content (AvgIpc) is 2.61. The minimum Gasteiger partial charge on any atom is -0.377 e. The van der Waals surface area contributed by atoms with Gasteiger partial charge in [0.05, 0.1) is 24.5 Å². The molecule has 8 heteroatoms. The Labute approximate surface area is 140 Å². The molecule has 2 aromatic heterocycles. The van der Waals surface area contributed by atoms with E-state index in [4.69, 9.17) is 4.74 Å². The molecule has 8 nitrogen and oxygen atoms in total. The Morgan fingerprint density at radius 2 is 2.21 bits per heavy atom. The monoisotopic (exact) mass is 328 g/mol. The maximum atomic E-state index is 13.0. The first-order valence-corrected chi connectivity index (χ1v) is 7.79. The molecule has 2 aromatic rings. The first-order valence-electron chi connectivity index (χ1n) is 7.79. The largest absolute Gasteiger partial charge is 0.377 e. The number of nitrogens with one attached hydrogen (secondary N) is 1. The van der Waals surface area contributed by atoms with Crippen LogP contribution in [0.4, 0.5) is 5.82 Å². The summed E-state index contributed by atoms with van der Waals surface area (Å²) in [6.45, 7) is 5.03. The van der Waals surface area contributed by atoms with Crippen LogP contribution in [0.2, 0.25) is 0 Å². The number of aryl methyl sites for hydroxylation is 2. The Morgan fingerprint density at radius 3 is 2.96 bits per heavy atom. The van der Waals surface area contributed by atoms with E-state index in [-0.39, 0.29) is 11.9 Å². The number of carbonyl (C=O) groups excluding carboxylic acids is 1. The predicted octanol–water partition coefficient (Wildman–Crippen LogP) is 1.14. The fraction of sp³-hybridized carbons (Fsp3) is 0.438. The molecule has 0 aliphatic carbocycles. The zero-order valence-corrected chi connectivity index (χ0v) is 14.0. The minimum atomic E-state index is -0.335. The van der Waals surface area contributed by atoms with Gasteiger partial charge in [-0.05, 0) is 13.8 Å². The number of hydrogen-bond donors (Lipinski definition) is 1. The number of rotatable bonds is 3. The average molecular weight is 328 g/mol. The molecule has 0 radical (unpaired) electrons. The molecule has 0 saturated carbocycles. The van der Waals surface area contributed by atoms with Crippen molar-refractivity contribution in [3.05, 3.63) is 41.4 Å². The highest BCUT2D eigenvalue weighted by molar-refractivity contribution is 5.95. The fourth-order valence-corrected chi connectivity index (χ4v) is 2.68. The van der Waals surface area contributed by atoms with E-state index in [2.05, 4.69) is 25.3 Å². The summed E-state index contributed by atoms with van der Waals surface area (Å²) in [7, 11) is 1.80. The molecule has 0 aromatic carbocycles. The molecule has 1 unspecified atom stereocenters. The second-order valence-corrected chi connectivity index (χ2v) is 5.61. The molecular formula is C16H20N6O2. The maximum Gasteiger partial charge on any atom is 0.258 e. The lowest BCUT2D eigenvalue weighted by atomic mass is 10.1. The minimum absolute atomic E-state index is 0.127. The highest BCUT2D eigenvalue weighted by atomic mass is 16.5. The van der Waals surface area contributed by atoms with Gasteiger partial charge in [-0.1, -0.05) is 0 Å². The maximum absolute atomic E-state index is 13.0. The summed E-state index contributed by atoms with van der Waals surface area (Å²) >= 11 is 0. The van der Waals surface area contributed by atoms with E-state index in [1.807, 2.05) is 13.0 Å². The van der Waals surface area contributed by atoms with Crippen LogP contribution in [0.3, 0.4) is 0 Å². The van der Waals surface area contributed by atoms with Crippen molar-refractivity contribution in [3.8, 4) is 0 Å². The Balaban J connectivity index is 1.96. The second kappa shape index (κ2) is 6.88. The van der Waals surface area contributed by atoms with Crippen LogP contribution in [-0.2, 0) is 4.74 Å². The summed E-state index contributed by atoms with van der Waals surface area (Å²) < 4.78 is 5.57. The third kappa shape index (κ3) is 3.18. The summed E-state index contributed by atoms with van der Waals surface area (Å²) in [6.07, 6.45) is 2.99. The Bertz CT molecular complexity index is 751. The molecule has 24 heavy (non-hydrogen) atoms. The lowest BCUT2D eigenvalue weighted by molar-refractivity contribution is -0.00532. The summed E-state index contributed by atoms with van der Waals surface area (Å²) in [4.78, 5) is 31.8. The number of morpholine rings is 1. The van der Waals surface area contributed by atoms with Crippen molar-refractivity contribution < 1.29 is 9.53 Å². The van der Waals surface area contributed by atoms with Gasteiger partial charge in [-0.15, -0.1) is 0 Å². The fourth-order valence-electron chi connectivity index (χ4n) is 2.68. The van der Waals surface area contributed by atoms with Crippen molar-refractivity contribution in [1.82, 2.24) is 24.8 Å². The van der Waals surface area contributed by atoms with Crippen LogP contribution in [0, 0.1) is 13.8 Å². The number of ether oxygens (including phenoxy) is 1. The van der Waals surface area contributed by atoms with Gasteiger partial charge in [0.1, 0.15) is 18.2 Å². The Kier molecular flexibility index (Phi) is 4.66. The van der Waals surface area contributed by atoms with Gasteiger partial charge in [0.15, 0.2) is 5.82 Å². The number of hydrogen-bond acceptors (Lipinski definition) is 7. The van der Waals surface area contributed by atoms with Gasteiger partial charge in [0.2, 0.25) is 0 Å². The van der Waals surface area contributed by atoms with E-state index in [9.17, 15) is 4.79 Å². The van der Waals surface area contributed by atoms with E-state index in [1.165, 1.54) is 6.33 Å². The van der Waals surface area contributed by atoms with Gasteiger partial charge < -0.3 is 15.0 Å². The number of amides is 1. The smallest absolute Gasteiger partial charge is 0.258 e. The van der Waals surface area contributed by atoms with Crippen LogP contribution in [0.15, 0.2) is 18.6 Å². The highest BCUT2D eigenvalue weighted by Crippen LogP contribution is 2.25. The molecule has 0 bridgehead atoms. The Morgan fingerprint density at radius 1 is 1.38 bits per heavy atom. The Hall–Kier alpha value is -2.61. The lowest BCUT2D eigenvalue weighted by Gasteiger charge is -2.35. The standard InChI is InChI=1S/C16H20N6O2/c1-10-6-14(17-3)21-15(20-10)13-8-24-5-4-22(13)16(23)12-7-18-9-19-11(12)2/h6-7,9,13H,4-5,8H2,1-3H3,(H,17,20,21). The van der Waals surface area contributed by atoms with Crippen LogP contribution in [0.5, 0.6) is 0 Å². The van der Waals surface area contributed by atoms with Gasteiger partial charge in [0, 0.05) is 31.5 Å². The summed E-state index contributed by atoms with van der Waals surface area (Å²) in [5.41, 5.74) is 1.98. The quantitative estimate of drug-likeness (QED) is 0.903. The third-order valence-corrected chi connectivity index (χ3v) is 3.96. The number of anilines is 1. The topological polar surface area (TPSA) is 93.1 Å². The molecule has 1 aliphatic rings. The van der Waals surface area contributed by atoms with E-state index in [0.29, 0.717) is 36.8 Å². The van der Waals surface area contributed by atoms with E-state index < -0.39 is 0 Å². The molecular weight excluding hydrogens is 308 g/mol. The number of aromatic nitrogens is 4. The van der Waals surface area contributed by atoms with Crippen molar-refractivity contribution in [2.75, 3.05) is 32.1 Å². The molecule has 1 fully saturated rings. The first-order chi connectivity index (χ1) is 11.6. The first kappa shape index (κ1) is 16.3. The highest BCUT2D eigenvalue weighted by Gasteiger charge is 2.32. The number of carbonyl (C=O) groups is 1. The molecule has 3 rings (SSSR count). The van der Waals surface area contributed by atoms with Gasteiger partial charge in [-0.25, -0.2) is 19.9 Å². The molecule has 1 N–H and O–H groups in total. The zero-order chi connectivity index (χ0) is 17.1. The molecule has 0 spiro atoms. The summed E-state index contributed by atoms with van der Waals surface area (Å²) in [5.74, 6) is 1.16. The molecule has 1 amide bonds. The normalized spacial score (nSPS) is 17.6. The molecule has 1 saturated heterocycles. The number of nitrogens with zero attached hydrogens (tertiary/aromatic N) is 5. The lowest BCUT2D eigenvalue weighted by Crippen LogP contribution is -2.44. The molecule has 126 valence electrons. The van der Waals surface area contributed by atoms with Crippen molar-refractivity contribution in [2.24, 2.45) is 0 Å². The van der Waals surface area contributed by atoms with Gasteiger partial charge >= 0.3 is 0 Å². The van der Waals surface area contributed by atoms with Crippen LogP contribution >= 0.6 is 0 Å².